The number of carbonyl (C=O) groups is 3. The molecule has 82 heavy (non-hydrogen) atoms. The largest absolute Gasteiger partial charge is 0.462 e. The van der Waals surface area contributed by atoms with Crippen molar-refractivity contribution in [1.29, 1.82) is 0 Å². The number of unbranched alkanes of at least 4 members (excludes halogenated alkanes) is 28. The van der Waals surface area contributed by atoms with Crippen LogP contribution < -0.4 is 0 Å². The van der Waals surface area contributed by atoms with Crippen LogP contribution in [0.5, 0.6) is 0 Å². The molecule has 0 amide bonds. The number of rotatable bonds is 61. The number of hydrogen-bond donors (Lipinski definition) is 0. The van der Waals surface area contributed by atoms with Gasteiger partial charge >= 0.3 is 17.9 Å². The third-order valence-corrected chi connectivity index (χ3v) is 14.4. The summed E-state index contributed by atoms with van der Waals surface area (Å²) in [4.78, 5) is 38.4. The Bertz CT molecular complexity index is 1730. The van der Waals surface area contributed by atoms with Crippen molar-refractivity contribution < 1.29 is 28.6 Å². The maximum atomic E-state index is 12.9. The Morgan fingerprint density at radius 3 is 0.768 bits per heavy atom. The Morgan fingerprint density at radius 2 is 0.476 bits per heavy atom. The van der Waals surface area contributed by atoms with Crippen LogP contribution in [0, 0.1) is 0 Å². The Balaban J connectivity index is 4.42. The maximum absolute atomic E-state index is 12.9. The standard InChI is InChI=1S/C76H126O6/c1-4-7-10-13-16-19-22-25-28-31-32-33-34-35-36-37-38-39-40-41-42-43-44-46-48-51-54-57-60-63-66-69-75(78)81-72-73(71-80-74(77)68-65-62-59-56-53-50-47-30-27-24-21-18-15-12-9-6-3)82-76(79)70-67-64-61-58-55-52-49-45-29-26-23-20-17-14-11-8-5-2/h7,10,16,19,25-26,28-30,32-33,35-36,38-39,41-42,44,46-47,51,54,73H,4-6,8-9,11-15,17-18,20-24,27,31,34,37,40,43,45,48-50,52-53,55-72H2,1-3H3/b10-7-,19-16-,28-25-,29-26-,33-32-,36-35-,39-38-,42-41-,46-44-,47-30-,54-51-. The lowest BCUT2D eigenvalue weighted by Gasteiger charge is -2.18. The summed E-state index contributed by atoms with van der Waals surface area (Å²) in [5, 5.41) is 0. The van der Waals surface area contributed by atoms with Gasteiger partial charge in [0.1, 0.15) is 13.2 Å². The van der Waals surface area contributed by atoms with E-state index in [4.69, 9.17) is 14.2 Å². The molecular weight excluding hydrogens is 1010 g/mol. The van der Waals surface area contributed by atoms with Crippen LogP contribution in [0.2, 0.25) is 0 Å². The molecule has 1 unspecified atom stereocenters. The molecule has 0 aliphatic carbocycles. The predicted molar refractivity (Wildman–Crippen MR) is 357 cm³/mol. The summed E-state index contributed by atoms with van der Waals surface area (Å²) in [5.41, 5.74) is 0. The number of carbonyl (C=O) groups excluding carboxylic acids is 3. The first kappa shape index (κ1) is 77.5. The minimum Gasteiger partial charge on any atom is -0.462 e. The van der Waals surface area contributed by atoms with E-state index in [2.05, 4.69) is 154 Å². The highest BCUT2D eigenvalue weighted by molar-refractivity contribution is 5.71. The van der Waals surface area contributed by atoms with Crippen LogP contribution in [0.15, 0.2) is 134 Å². The maximum Gasteiger partial charge on any atom is 0.306 e. The van der Waals surface area contributed by atoms with E-state index < -0.39 is 6.10 Å². The van der Waals surface area contributed by atoms with Crippen molar-refractivity contribution in [2.45, 2.75) is 316 Å². The van der Waals surface area contributed by atoms with Crippen LogP contribution in [-0.2, 0) is 28.6 Å². The van der Waals surface area contributed by atoms with Gasteiger partial charge in [0.05, 0.1) is 0 Å². The normalized spacial score (nSPS) is 13.0. The van der Waals surface area contributed by atoms with E-state index in [9.17, 15) is 14.4 Å². The van der Waals surface area contributed by atoms with Gasteiger partial charge in [-0.1, -0.05) is 283 Å². The fourth-order valence-electron chi connectivity index (χ4n) is 9.25. The lowest BCUT2D eigenvalue weighted by Crippen LogP contribution is -2.30. The molecule has 0 saturated carbocycles. The van der Waals surface area contributed by atoms with E-state index in [0.717, 1.165) is 128 Å². The molecule has 6 heteroatoms. The molecule has 466 valence electrons. The molecule has 1 atom stereocenters. The van der Waals surface area contributed by atoms with Gasteiger partial charge in [-0.25, -0.2) is 0 Å². The first-order valence-electron chi connectivity index (χ1n) is 34.2. The molecule has 0 aliphatic rings. The van der Waals surface area contributed by atoms with Gasteiger partial charge in [-0.15, -0.1) is 0 Å². The van der Waals surface area contributed by atoms with E-state index in [0.29, 0.717) is 19.3 Å². The second-order valence-corrected chi connectivity index (χ2v) is 22.3. The molecular formula is C76H126O6. The number of ether oxygens (including phenoxy) is 3. The Morgan fingerprint density at radius 1 is 0.256 bits per heavy atom. The molecule has 6 nitrogen and oxygen atoms in total. The topological polar surface area (TPSA) is 78.9 Å². The van der Waals surface area contributed by atoms with Gasteiger partial charge in [0.25, 0.3) is 0 Å². The van der Waals surface area contributed by atoms with Crippen LogP contribution in [0.25, 0.3) is 0 Å². The van der Waals surface area contributed by atoms with E-state index in [-0.39, 0.29) is 31.1 Å². The summed E-state index contributed by atoms with van der Waals surface area (Å²) >= 11 is 0. The van der Waals surface area contributed by atoms with Crippen molar-refractivity contribution in [1.82, 2.24) is 0 Å². The van der Waals surface area contributed by atoms with Gasteiger partial charge in [-0.3, -0.25) is 14.4 Å². The molecule has 0 aliphatic heterocycles. The molecule has 0 heterocycles. The van der Waals surface area contributed by atoms with Crippen LogP contribution in [0.1, 0.15) is 310 Å². The predicted octanol–water partition coefficient (Wildman–Crippen LogP) is 23.7. The lowest BCUT2D eigenvalue weighted by atomic mass is 10.1. The van der Waals surface area contributed by atoms with Crippen LogP contribution in [0.4, 0.5) is 0 Å². The molecule has 0 saturated heterocycles. The second kappa shape index (κ2) is 69.0. The van der Waals surface area contributed by atoms with Crippen molar-refractivity contribution in [2.24, 2.45) is 0 Å². The molecule has 0 spiro atoms. The number of esters is 3. The highest BCUT2D eigenvalue weighted by atomic mass is 16.6. The van der Waals surface area contributed by atoms with Crippen LogP contribution in [-0.4, -0.2) is 37.2 Å². The third kappa shape index (κ3) is 66.4. The van der Waals surface area contributed by atoms with Crippen molar-refractivity contribution in [2.75, 3.05) is 13.2 Å². The summed E-state index contributed by atoms with van der Waals surface area (Å²) < 4.78 is 16.9. The molecule has 0 rings (SSSR count). The van der Waals surface area contributed by atoms with Gasteiger partial charge in [0.2, 0.25) is 0 Å². The molecule has 0 radical (unpaired) electrons. The molecule has 0 N–H and O–H groups in total. The van der Waals surface area contributed by atoms with Gasteiger partial charge in [-0.2, -0.15) is 0 Å². The molecule has 0 fully saturated rings. The molecule has 0 aromatic rings. The zero-order valence-corrected chi connectivity index (χ0v) is 53.5. The Kier molecular flexibility index (Phi) is 65.3. The smallest absolute Gasteiger partial charge is 0.306 e. The first-order chi connectivity index (χ1) is 40.5. The monoisotopic (exact) mass is 1130 g/mol. The molecule has 0 bridgehead atoms. The zero-order chi connectivity index (χ0) is 59.2. The molecule has 0 aromatic carbocycles. The summed E-state index contributed by atoms with van der Waals surface area (Å²) in [5.74, 6) is -0.937. The van der Waals surface area contributed by atoms with E-state index >= 15 is 0 Å². The summed E-state index contributed by atoms with van der Waals surface area (Å²) in [6.45, 7) is 6.50. The minimum absolute atomic E-state index is 0.0967. The van der Waals surface area contributed by atoms with Gasteiger partial charge in [-0.05, 0) is 141 Å². The van der Waals surface area contributed by atoms with Crippen molar-refractivity contribution in [3.63, 3.8) is 0 Å². The van der Waals surface area contributed by atoms with Crippen LogP contribution in [0.3, 0.4) is 0 Å². The molecule has 0 aromatic heterocycles. The SMILES string of the molecule is CC/C=C\C/C=C\C/C=C\C/C=C\C/C=C\C/C=C\C/C=C\C/C=C\C/C=C\CCCCCC(=O)OCC(COC(=O)CCCCCCC/C=C\CCCCCCCCC)OC(=O)CCCCCCCCC/C=C\CCCCCCCC. The second-order valence-electron chi connectivity index (χ2n) is 22.3. The average molecular weight is 1140 g/mol. The first-order valence-corrected chi connectivity index (χ1v) is 34.2. The van der Waals surface area contributed by atoms with E-state index in [1.807, 2.05) is 0 Å². The minimum atomic E-state index is -0.803. The summed E-state index contributed by atoms with van der Waals surface area (Å²) in [6.07, 6.45) is 97.5. The van der Waals surface area contributed by atoms with Crippen LogP contribution >= 0.6 is 0 Å². The van der Waals surface area contributed by atoms with Crippen molar-refractivity contribution >= 4 is 17.9 Å². The van der Waals surface area contributed by atoms with Crippen molar-refractivity contribution in [3.8, 4) is 0 Å². The average Bonchev–Trinajstić information content (AvgIpc) is 3.48. The Labute approximate surface area is 506 Å². The number of hydrogen-bond acceptors (Lipinski definition) is 6. The highest BCUT2D eigenvalue weighted by Crippen LogP contribution is 2.15. The highest BCUT2D eigenvalue weighted by Gasteiger charge is 2.19. The lowest BCUT2D eigenvalue weighted by molar-refractivity contribution is -0.167. The van der Waals surface area contributed by atoms with E-state index in [1.54, 1.807) is 0 Å². The van der Waals surface area contributed by atoms with Gasteiger partial charge < -0.3 is 14.2 Å². The fourth-order valence-corrected chi connectivity index (χ4v) is 9.25. The van der Waals surface area contributed by atoms with Gasteiger partial charge in [0.15, 0.2) is 6.10 Å². The number of allylic oxidation sites excluding steroid dienone is 22. The quantitative estimate of drug-likeness (QED) is 0.0261. The summed E-state index contributed by atoms with van der Waals surface area (Å²) in [6, 6.07) is 0. The Hall–Kier alpha value is -4.45. The summed E-state index contributed by atoms with van der Waals surface area (Å²) in [7, 11) is 0. The van der Waals surface area contributed by atoms with Crippen molar-refractivity contribution in [3.05, 3.63) is 134 Å². The van der Waals surface area contributed by atoms with Gasteiger partial charge in [0, 0.05) is 19.3 Å². The third-order valence-electron chi connectivity index (χ3n) is 14.4. The van der Waals surface area contributed by atoms with E-state index in [1.165, 1.54) is 141 Å². The fraction of sp³-hybridized carbons (Fsp3) is 0.671. The zero-order valence-electron chi connectivity index (χ0n) is 53.5.